The topological polar surface area (TPSA) is 89.8 Å². The highest BCUT2D eigenvalue weighted by atomic mass is 16.3. The van der Waals surface area contributed by atoms with Crippen molar-refractivity contribution in [3.8, 4) is 0 Å². The minimum atomic E-state index is -1.12. The van der Waals surface area contributed by atoms with Gasteiger partial charge >= 0.3 is 0 Å². The van der Waals surface area contributed by atoms with E-state index in [0.717, 1.165) is 57.8 Å². The summed E-state index contributed by atoms with van der Waals surface area (Å²) in [5.74, 6) is -0.532. The van der Waals surface area contributed by atoms with Gasteiger partial charge in [-0.2, -0.15) is 0 Å². The van der Waals surface area contributed by atoms with Gasteiger partial charge in [-0.25, -0.2) is 0 Å². The highest BCUT2D eigenvalue weighted by Crippen LogP contribution is 2.11. The van der Waals surface area contributed by atoms with Gasteiger partial charge in [0.2, 0.25) is 5.91 Å². The molecule has 0 spiro atoms. The van der Waals surface area contributed by atoms with Crippen molar-refractivity contribution in [2.75, 3.05) is 6.61 Å². The van der Waals surface area contributed by atoms with Gasteiger partial charge in [0.15, 0.2) is 0 Å². The maximum Gasteiger partial charge on any atom is 0.249 e. The summed E-state index contributed by atoms with van der Waals surface area (Å²) < 4.78 is 0. The molecule has 244 valence electrons. The molecule has 42 heavy (non-hydrogen) atoms. The number of amides is 1. The maximum atomic E-state index is 12.3. The fourth-order valence-electron chi connectivity index (χ4n) is 4.80. The van der Waals surface area contributed by atoms with Crippen molar-refractivity contribution in [1.29, 1.82) is 0 Å². The number of aliphatic hydroxyl groups excluding tert-OH is 3. The van der Waals surface area contributed by atoms with Crippen LogP contribution in [0.15, 0.2) is 48.6 Å². The van der Waals surface area contributed by atoms with Crippen LogP contribution in [-0.2, 0) is 4.79 Å². The van der Waals surface area contributed by atoms with Gasteiger partial charge in [0.1, 0.15) is 6.10 Å². The van der Waals surface area contributed by atoms with Crippen molar-refractivity contribution in [2.45, 2.75) is 173 Å². The summed E-state index contributed by atoms with van der Waals surface area (Å²) in [6.07, 6.45) is 39.8. The second kappa shape index (κ2) is 32.2. The summed E-state index contributed by atoms with van der Waals surface area (Å²) in [6.45, 7) is 4.09. The highest BCUT2D eigenvalue weighted by Gasteiger charge is 2.22. The maximum absolute atomic E-state index is 12.3. The molecular formula is C37H67NO4. The van der Waals surface area contributed by atoms with Crippen LogP contribution in [0.4, 0.5) is 0 Å². The quantitative estimate of drug-likeness (QED) is 0.0497. The molecule has 0 bridgehead atoms. The van der Waals surface area contributed by atoms with Crippen LogP contribution in [0.25, 0.3) is 0 Å². The summed E-state index contributed by atoms with van der Waals surface area (Å²) in [7, 11) is 0. The number of allylic oxidation sites excluding steroid dienone is 7. The Morgan fingerprint density at radius 2 is 0.976 bits per heavy atom. The highest BCUT2D eigenvalue weighted by molar-refractivity contribution is 5.80. The van der Waals surface area contributed by atoms with E-state index in [1.54, 1.807) is 6.08 Å². The second-order valence-electron chi connectivity index (χ2n) is 11.7. The Bertz CT molecular complexity index is 700. The Labute approximate surface area is 259 Å². The summed E-state index contributed by atoms with van der Waals surface area (Å²) in [5.41, 5.74) is 0. The van der Waals surface area contributed by atoms with Crippen LogP contribution in [0.5, 0.6) is 0 Å². The first-order chi connectivity index (χ1) is 20.6. The first kappa shape index (κ1) is 40.3. The molecular weight excluding hydrogens is 522 g/mol. The minimum absolute atomic E-state index is 0.387. The molecule has 3 unspecified atom stereocenters. The second-order valence-corrected chi connectivity index (χ2v) is 11.7. The summed E-state index contributed by atoms with van der Waals surface area (Å²) >= 11 is 0. The number of nitrogens with one attached hydrogen (secondary N) is 1. The molecule has 0 aliphatic carbocycles. The molecule has 5 nitrogen and oxygen atoms in total. The van der Waals surface area contributed by atoms with Crippen molar-refractivity contribution in [2.24, 2.45) is 0 Å². The fraction of sp³-hybridized carbons (Fsp3) is 0.757. The van der Waals surface area contributed by atoms with E-state index >= 15 is 0 Å². The zero-order valence-corrected chi connectivity index (χ0v) is 27.4. The lowest BCUT2D eigenvalue weighted by atomic mass is 10.1. The summed E-state index contributed by atoms with van der Waals surface area (Å²) in [4.78, 5) is 12.3. The van der Waals surface area contributed by atoms with E-state index in [4.69, 9.17) is 0 Å². The predicted octanol–water partition coefficient (Wildman–Crippen LogP) is 9.03. The van der Waals surface area contributed by atoms with E-state index in [2.05, 4.69) is 55.6 Å². The van der Waals surface area contributed by atoms with Crippen molar-refractivity contribution >= 4 is 5.91 Å². The minimum Gasteiger partial charge on any atom is -0.394 e. The van der Waals surface area contributed by atoms with Crippen molar-refractivity contribution < 1.29 is 20.1 Å². The smallest absolute Gasteiger partial charge is 0.249 e. The van der Waals surface area contributed by atoms with Crippen LogP contribution >= 0.6 is 0 Å². The first-order valence-electron chi connectivity index (χ1n) is 17.5. The molecule has 0 saturated carbocycles. The molecule has 0 saturated heterocycles. The monoisotopic (exact) mass is 590 g/mol. The first-order valence-corrected chi connectivity index (χ1v) is 17.5. The largest absolute Gasteiger partial charge is 0.394 e. The van der Waals surface area contributed by atoms with Gasteiger partial charge < -0.3 is 20.6 Å². The molecule has 3 atom stereocenters. The number of aliphatic hydroxyl groups is 3. The lowest BCUT2D eigenvalue weighted by Gasteiger charge is -2.21. The molecule has 1 amide bonds. The van der Waals surface area contributed by atoms with Gasteiger partial charge in [0.05, 0.1) is 18.8 Å². The van der Waals surface area contributed by atoms with Gasteiger partial charge in [-0.05, 0) is 70.6 Å². The number of hydrogen-bond donors (Lipinski definition) is 4. The summed E-state index contributed by atoms with van der Waals surface area (Å²) in [5, 5.41) is 32.8. The predicted molar refractivity (Wildman–Crippen MR) is 181 cm³/mol. The molecule has 0 aliphatic rings. The molecule has 5 heteroatoms. The van der Waals surface area contributed by atoms with Crippen LogP contribution in [0, 0.1) is 0 Å². The third-order valence-corrected chi connectivity index (χ3v) is 7.62. The molecule has 4 N–H and O–H groups in total. The number of carbonyl (C=O) groups excluding carboxylic acids is 1. The average Bonchev–Trinajstić information content (AvgIpc) is 2.99. The van der Waals surface area contributed by atoms with Crippen molar-refractivity contribution in [3.63, 3.8) is 0 Å². The lowest BCUT2D eigenvalue weighted by Crippen LogP contribution is -2.48. The summed E-state index contributed by atoms with van der Waals surface area (Å²) in [6, 6.07) is -0.823. The van der Waals surface area contributed by atoms with E-state index in [-0.39, 0.29) is 6.61 Å². The van der Waals surface area contributed by atoms with Crippen molar-refractivity contribution in [1.82, 2.24) is 5.32 Å². The fourth-order valence-corrected chi connectivity index (χ4v) is 4.80. The Morgan fingerprint density at radius 3 is 1.50 bits per heavy atom. The Hall–Kier alpha value is -1.69. The third kappa shape index (κ3) is 27.2. The molecule has 0 aliphatic heterocycles. The van der Waals surface area contributed by atoms with E-state index in [1.165, 1.54) is 77.0 Å². The molecule has 0 rings (SSSR count). The SMILES string of the molecule is CCCCC/C=C\CCCCCCC(O)C(=O)NC(CO)C(O)/C=C/CC/C=C/CC/C=C/CCCCCCCCC. The van der Waals surface area contributed by atoms with Crippen LogP contribution in [-0.4, -0.2) is 46.1 Å². The Morgan fingerprint density at radius 1 is 0.571 bits per heavy atom. The van der Waals surface area contributed by atoms with Gasteiger partial charge in [0.25, 0.3) is 0 Å². The molecule has 0 heterocycles. The lowest BCUT2D eigenvalue weighted by molar-refractivity contribution is -0.131. The zero-order valence-electron chi connectivity index (χ0n) is 27.4. The normalized spacial score (nSPS) is 14.5. The van der Waals surface area contributed by atoms with Crippen LogP contribution in [0.1, 0.15) is 155 Å². The van der Waals surface area contributed by atoms with Crippen LogP contribution < -0.4 is 5.32 Å². The molecule has 0 aromatic heterocycles. The van der Waals surface area contributed by atoms with E-state index in [1.807, 2.05) is 6.08 Å². The van der Waals surface area contributed by atoms with E-state index in [0.29, 0.717) is 6.42 Å². The number of unbranched alkanes of at least 4 members (excludes halogenated alkanes) is 16. The molecule has 0 fully saturated rings. The van der Waals surface area contributed by atoms with Crippen LogP contribution in [0.2, 0.25) is 0 Å². The average molecular weight is 590 g/mol. The standard InChI is InChI=1S/C37H67NO4/c1-3-5-7-9-11-13-15-16-17-18-19-20-22-23-25-27-29-31-35(40)34(33-39)38-37(42)36(41)32-30-28-26-24-21-14-12-10-8-6-4-2/h12,14,17-18,22-23,29,31,34-36,39-41H,3-11,13,15-16,19-21,24-28,30,32-33H2,1-2H3,(H,38,42)/b14-12-,18-17+,23-22+,31-29+. The van der Waals surface area contributed by atoms with E-state index < -0.39 is 24.2 Å². The third-order valence-electron chi connectivity index (χ3n) is 7.62. The molecule has 0 aromatic carbocycles. The van der Waals surface area contributed by atoms with Crippen LogP contribution in [0.3, 0.4) is 0 Å². The number of hydrogen-bond acceptors (Lipinski definition) is 4. The van der Waals surface area contributed by atoms with Gasteiger partial charge in [-0.15, -0.1) is 0 Å². The van der Waals surface area contributed by atoms with E-state index in [9.17, 15) is 20.1 Å². The van der Waals surface area contributed by atoms with Gasteiger partial charge in [-0.1, -0.05) is 133 Å². The van der Waals surface area contributed by atoms with Gasteiger partial charge in [0, 0.05) is 0 Å². The van der Waals surface area contributed by atoms with Gasteiger partial charge in [-0.3, -0.25) is 4.79 Å². The zero-order chi connectivity index (χ0) is 30.9. The molecule has 0 aromatic rings. The number of carbonyl (C=O) groups is 1. The Balaban J connectivity index is 3.89. The number of rotatable bonds is 30. The molecule has 0 radical (unpaired) electrons. The van der Waals surface area contributed by atoms with Crippen molar-refractivity contribution in [3.05, 3.63) is 48.6 Å². The Kier molecular flexibility index (Phi) is 30.9.